The number of aromatic carboxylic acids is 1. The Morgan fingerprint density at radius 3 is 2.18 bits per heavy atom. The van der Waals surface area contributed by atoms with E-state index in [0.717, 1.165) is 11.1 Å². The summed E-state index contributed by atoms with van der Waals surface area (Å²) in [6, 6.07) is 16.1. The zero-order valence-corrected chi connectivity index (χ0v) is 16.4. The highest BCUT2D eigenvalue weighted by molar-refractivity contribution is 6.04. The molecule has 0 aliphatic heterocycles. The number of carboxylic acids is 1. The number of amides is 1. The van der Waals surface area contributed by atoms with Crippen molar-refractivity contribution in [1.82, 2.24) is 0 Å². The van der Waals surface area contributed by atoms with Gasteiger partial charge in [-0.1, -0.05) is 32.9 Å². The number of nitrogens with one attached hydrogen (secondary N) is 1. The Hall–Kier alpha value is -3.34. The van der Waals surface area contributed by atoms with Crippen LogP contribution >= 0.6 is 0 Å². The maximum Gasteiger partial charge on any atom is 0.371 e. The number of hydrogen-bond acceptors (Lipinski definition) is 3. The average molecular weight is 377 g/mol. The van der Waals surface area contributed by atoms with E-state index in [0.29, 0.717) is 17.0 Å². The van der Waals surface area contributed by atoms with Crippen molar-refractivity contribution in [2.24, 2.45) is 0 Å². The smallest absolute Gasteiger partial charge is 0.371 e. The molecule has 0 atom stereocenters. The summed E-state index contributed by atoms with van der Waals surface area (Å²) in [6.07, 6.45) is 0. The molecule has 0 spiro atoms. The fraction of sp³-hybridized carbons (Fsp3) is 0.217. The van der Waals surface area contributed by atoms with Gasteiger partial charge in [0.1, 0.15) is 5.76 Å². The third kappa shape index (κ3) is 4.14. The number of aryl methyl sites for hydroxylation is 1. The van der Waals surface area contributed by atoms with Gasteiger partial charge in [-0.3, -0.25) is 4.79 Å². The quantitative estimate of drug-likeness (QED) is 0.629. The minimum absolute atomic E-state index is 0.0360. The highest BCUT2D eigenvalue weighted by atomic mass is 16.4. The van der Waals surface area contributed by atoms with Crippen LogP contribution in [0.25, 0.3) is 11.3 Å². The minimum atomic E-state index is -1.11. The fourth-order valence-corrected chi connectivity index (χ4v) is 2.94. The Kier molecular flexibility index (Phi) is 5.10. The summed E-state index contributed by atoms with van der Waals surface area (Å²) in [6.45, 7) is 8.27. The van der Waals surface area contributed by atoms with Crippen molar-refractivity contribution in [1.29, 1.82) is 0 Å². The predicted octanol–water partition coefficient (Wildman–Crippen LogP) is 5.50. The number of rotatable bonds is 4. The lowest BCUT2D eigenvalue weighted by molar-refractivity contribution is 0.0663. The first-order chi connectivity index (χ1) is 13.1. The van der Waals surface area contributed by atoms with E-state index in [1.165, 1.54) is 11.6 Å². The van der Waals surface area contributed by atoms with E-state index in [4.69, 9.17) is 9.52 Å². The molecule has 0 fully saturated rings. The second kappa shape index (κ2) is 7.35. The zero-order valence-electron chi connectivity index (χ0n) is 16.4. The first-order valence-corrected chi connectivity index (χ1v) is 9.01. The van der Waals surface area contributed by atoms with Crippen LogP contribution in [0.15, 0.2) is 59.0 Å². The van der Waals surface area contributed by atoms with Gasteiger partial charge in [0.15, 0.2) is 0 Å². The van der Waals surface area contributed by atoms with Crippen molar-refractivity contribution >= 4 is 17.6 Å². The molecule has 2 aromatic carbocycles. The lowest BCUT2D eigenvalue weighted by Gasteiger charge is -2.19. The monoisotopic (exact) mass is 377 g/mol. The number of benzene rings is 2. The molecule has 0 saturated carbocycles. The third-order valence-corrected chi connectivity index (χ3v) is 4.58. The van der Waals surface area contributed by atoms with Crippen LogP contribution in [-0.4, -0.2) is 17.0 Å². The number of anilines is 1. The van der Waals surface area contributed by atoms with Crippen LogP contribution in [0.5, 0.6) is 0 Å². The highest BCUT2D eigenvalue weighted by Crippen LogP contribution is 2.28. The lowest BCUT2D eigenvalue weighted by atomic mass is 9.87. The van der Waals surface area contributed by atoms with Crippen LogP contribution in [0.3, 0.4) is 0 Å². The molecule has 28 heavy (non-hydrogen) atoms. The molecule has 3 aromatic rings. The highest BCUT2D eigenvalue weighted by Gasteiger charge is 2.15. The van der Waals surface area contributed by atoms with E-state index in [1.807, 2.05) is 37.3 Å². The van der Waals surface area contributed by atoms with Crippen LogP contribution in [0.1, 0.15) is 52.8 Å². The summed E-state index contributed by atoms with van der Waals surface area (Å²) < 4.78 is 5.35. The molecule has 0 saturated heterocycles. The SMILES string of the molecule is Cc1cc(NC(=O)c2ccc(C(C)(C)C)cc2)ccc1-c1ccc(C(=O)O)o1. The Morgan fingerprint density at radius 2 is 1.64 bits per heavy atom. The molecule has 0 bridgehead atoms. The van der Waals surface area contributed by atoms with Crippen LogP contribution in [0.4, 0.5) is 5.69 Å². The number of carbonyl (C=O) groups excluding carboxylic acids is 1. The molecule has 0 aliphatic carbocycles. The Bertz CT molecular complexity index is 1020. The molecule has 1 aromatic heterocycles. The van der Waals surface area contributed by atoms with Gasteiger partial charge in [0, 0.05) is 16.8 Å². The van der Waals surface area contributed by atoms with Gasteiger partial charge in [0.2, 0.25) is 5.76 Å². The van der Waals surface area contributed by atoms with Gasteiger partial charge in [0.25, 0.3) is 5.91 Å². The van der Waals surface area contributed by atoms with Crippen LogP contribution in [-0.2, 0) is 5.41 Å². The van der Waals surface area contributed by atoms with E-state index in [9.17, 15) is 9.59 Å². The summed E-state index contributed by atoms with van der Waals surface area (Å²) in [5, 5.41) is 11.9. The van der Waals surface area contributed by atoms with Crippen LogP contribution in [0.2, 0.25) is 0 Å². The topological polar surface area (TPSA) is 79.5 Å². The minimum Gasteiger partial charge on any atom is -0.475 e. The van der Waals surface area contributed by atoms with E-state index in [2.05, 4.69) is 26.1 Å². The number of carboxylic acid groups (broad SMARTS) is 1. The molecule has 5 nitrogen and oxygen atoms in total. The standard InChI is InChI=1S/C23H23NO4/c1-14-13-17(9-10-18(14)19-11-12-20(28-19)22(26)27)24-21(25)15-5-7-16(8-6-15)23(2,3)4/h5-13H,1-4H3,(H,24,25)(H,26,27). The number of furan rings is 1. The van der Waals surface area contributed by atoms with Gasteiger partial charge in [-0.2, -0.15) is 0 Å². The summed E-state index contributed by atoms with van der Waals surface area (Å²) in [4.78, 5) is 23.5. The van der Waals surface area contributed by atoms with Gasteiger partial charge in [-0.15, -0.1) is 0 Å². The lowest BCUT2D eigenvalue weighted by Crippen LogP contribution is -2.14. The molecular formula is C23H23NO4. The van der Waals surface area contributed by atoms with Crippen molar-refractivity contribution < 1.29 is 19.1 Å². The average Bonchev–Trinajstić information content (AvgIpc) is 3.11. The van der Waals surface area contributed by atoms with Crippen molar-refractivity contribution in [2.45, 2.75) is 33.1 Å². The maximum absolute atomic E-state index is 12.5. The second-order valence-corrected chi connectivity index (χ2v) is 7.78. The summed E-state index contributed by atoms with van der Waals surface area (Å²) in [7, 11) is 0. The molecular weight excluding hydrogens is 354 g/mol. The van der Waals surface area contributed by atoms with Crippen molar-refractivity contribution in [2.75, 3.05) is 5.32 Å². The molecule has 1 amide bonds. The molecule has 0 unspecified atom stereocenters. The normalized spacial score (nSPS) is 11.3. The molecule has 144 valence electrons. The molecule has 1 heterocycles. The molecule has 0 aliphatic rings. The first-order valence-electron chi connectivity index (χ1n) is 9.01. The van der Waals surface area contributed by atoms with Crippen molar-refractivity contribution in [3.63, 3.8) is 0 Å². The summed E-state index contributed by atoms with van der Waals surface area (Å²) in [5.74, 6) is -0.917. The third-order valence-electron chi connectivity index (χ3n) is 4.58. The molecule has 2 N–H and O–H groups in total. The largest absolute Gasteiger partial charge is 0.475 e. The van der Waals surface area contributed by atoms with Gasteiger partial charge in [-0.05, 0) is 65.9 Å². The Labute approximate surface area is 164 Å². The molecule has 0 radical (unpaired) electrons. The predicted molar refractivity (Wildman–Crippen MR) is 109 cm³/mol. The van der Waals surface area contributed by atoms with E-state index < -0.39 is 5.97 Å². The van der Waals surface area contributed by atoms with Crippen LogP contribution < -0.4 is 5.32 Å². The van der Waals surface area contributed by atoms with Gasteiger partial charge >= 0.3 is 5.97 Å². The van der Waals surface area contributed by atoms with Crippen molar-refractivity contribution in [3.05, 3.63) is 77.0 Å². The fourth-order valence-electron chi connectivity index (χ4n) is 2.94. The summed E-state index contributed by atoms with van der Waals surface area (Å²) in [5.41, 5.74) is 4.10. The number of carbonyl (C=O) groups is 2. The Balaban J connectivity index is 1.76. The second-order valence-electron chi connectivity index (χ2n) is 7.78. The van der Waals surface area contributed by atoms with Crippen LogP contribution in [0, 0.1) is 6.92 Å². The molecule has 3 rings (SSSR count). The first kappa shape index (κ1) is 19.4. The Morgan fingerprint density at radius 1 is 0.964 bits per heavy atom. The van der Waals surface area contributed by atoms with E-state index >= 15 is 0 Å². The van der Waals surface area contributed by atoms with Gasteiger partial charge in [-0.25, -0.2) is 4.79 Å². The van der Waals surface area contributed by atoms with Crippen molar-refractivity contribution in [3.8, 4) is 11.3 Å². The zero-order chi connectivity index (χ0) is 20.5. The van der Waals surface area contributed by atoms with E-state index in [1.54, 1.807) is 18.2 Å². The maximum atomic E-state index is 12.5. The van der Waals surface area contributed by atoms with Gasteiger partial charge in [0.05, 0.1) is 0 Å². The summed E-state index contributed by atoms with van der Waals surface area (Å²) >= 11 is 0. The van der Waals surface area contributed by atoms with E-state index in [-0.39, 0.29) is 17.1 Å². The molecule has 5 heteroatoms. The number of hydrogen-bond donors (Lipinski definition) is 2. The van der Waals surface area contributed by atoms with Gasteiger partial charge < -0.3 is 14.8 Å².